The summed E-state index contributed by atoms with van der Waals surface area (Å²) >= 11 is 6.00. The number of carbonyl (C=O) groups is 1. The van der Waals surface area contributed by atoms with Crippen LogP contribution in [0.25, 0.3) is 22.6 Å². The molecule has 0 aliphatic rings. The summed E-state index contributed by atoms with van der Waals surface area (Å²) in [6, 6.07) is 20.9. The molecular weight excluding hydrogens is 360 g/mol. The van der Waals surface area contributed by atoms with E-state index in [0.29, 0.717) is 23.0 Å². The highest BCUT2D eigenvalue weighted by Gasteiger charge is 2.16. The van der Waals surface area contributed by atoms with Gasteiger partial charge in [-0.1, -0.05) is 41.9 Å². The quantitative estimate of drug-likeness (QED) is 0.571. The van der Waals surface area contributed by atoms with E-state index < -0.39 is 0 Å². The van der Waals surface area contributed by atoms with Crippen molar-refractivity contribution in [1.29, 1.82) is 0 Å². The van der Waals surface area contributed by atoms with Gasteiger partial charge in [0.15, 0.2) is 5.65 Å². The molecule has 0 fully saturated rings. The SMILES string of the molecule is O=C(Cn1c(-c2ccc(Cl)cc2)nc2cccnc21)NCc1ccccc1. The largest absolute Gasteiger partial charge is 0.350 e. The summed E-state index contributed by atoms with van der Waals surface area (Å²) in [7, 11) is 0. The Balaban J connectivity index is 1.62. The van der Waals surface area contributed by atoms with Crippen molar-refractivity contribution >= 4 is 28.7 Å². The summed E-state index contributed by atoms with van der Waals surface area (Å²) in [5, 5.41) is 3.61. The maximum Gasteiger partial charge on any atom is 0.240 e. The van der Waals surface area contributed by atoms with Gasteiger partial charge < -0.3 is 5.32 Å². The number of carbonyl (C=O) groups excluding carboxylic acids is 1. The molecule has 0 unspecified atom stereocenters. The number of pyridine rings is 1. The zero-order valence-corrected chi connectivity index (χ0v) is 15.2. The predicted octanol–water partition coefficient (Wildman–Crippen LogP) is 4.07. The molecule has 134 valence electrons. The summed E-state index contributed by atoms with van der Waals surface area (Å²) in [6.07, 6.45) is 1.70. The summed E-state index contributed by atoms with van der Waals surface area (Å²) in [6.45, 7) is 0.619. The fourth-order valence-electron chi connectivity index (χ4n) is 2.92. The standard InChI is InChI=1S/C21H17ClN4O/c22-17-10-8-16(9-11-17)20-25-18-7-4-12-23-21(18)26(20)14-19(27)24-13-15-5-2-1-3-6-15/h1-12H,13-14H2,(H,24,27). The molecule has 4 rings (SSSR count). The summed E-state index contributed by atoms with van der Waals surface area (Å²) in [5.74, 6) is 0.592. The lowest BCUT2D eigenvalue weighted by molar-refractivity contribution is -0.121. The van der Waals surface area contributed by atoms with Gasteiger partial charge >= 0.3 is 0 Å². The molecule has 0 bridgehead atoms. The van der Waals surface area contributed by atoms with Crippen molar-refractivity contribution < 1.29 is 4.79 Å². The van der Waals surface area contributed by atoms with Crippen LogP contribution in [0.5, 0.6) is 0 Å². The van der Waals surface area contributed by atoms with E-state index in [2.05, 4.69) is 15.3 Å². The molecule has 1 amide bonds. The lowest BCUT2D eigenvalue weighted by Gasteiger charge is -2.10. The van der Waals surface area contributed by atoms with Gasteiger partial charge in [0.25, 0.3) is 0 Å². The van der Waals surface area contributed by atoms with Gasteiger partial charge in [0, 0.05) is 23.3 Å². The first-order chi connectivity index (χ1) is 13.2. The van der Waals surface area contributed by atoms with Crippen molar-refractivity contribution in [2.24, 2.45) is 0 Å². The second kappa shape index (κ2) is 7.60. The van der Waals surface area contributed by atoms with Gasteiger partial charge in [0.1, 0.15) is 17.9 Å². The van der Waals surface area contributed by atoms with Crippen molar-refractivity contribution in [3.8, 4) is 11.4 Å². The first-order valence-electron chi connectivity index (χ1n) is 8.58. The average molecular weight is 377 g/mol. The van der Waals surface area contributed by atoms with E-state index in [0.717, 1.165) is 16.6 Å². The third-order valence-corrected chi connectivity index (χ3v) is 4.49. The molecule has 0 spiro atoms. The Kier molecular flexibility index (Phi) is 4.85. The number of benzene rings is 2. The molecule has 27 heavy (non-hydrogen) atoms. The zero-order chi connectivity index (χ0) is 18.6. The Morgan fingerprint density at radius 3 is 2.56 bits per heavy atom. The second-order valence-corrected chi connectivity index (χ2v) is 6.57. The van der Waals surface area contributed by atoms with E-state index in [1.54, 1.807) is 6.20 Å². The normalized spacial score (nSPS) is 10.9. The summed E-state index contributed by atoms with van der Waals surface area (Å²) in [5.41, 5.74) is 3.36. The van der Waals surface area contributed by atoms with Crippen LogP contribution in [0.3, 0.4) is 0 Å². The minimum atomic E-state index is -0.0981. The number of halogens is 1. The minimum absolute atomic E-state index is 0.0981. The van der Waals surface area contributed by atoms with Crippen LogP contribution in [0, 0.1) is 0 Å². The number of nitrogens with zero attached hydrogens (tertiary/aromatic N) is 3. The fourth-order valence-corrected chi connectivity index (χ4v) is 3.05. The molecule has 0 aliphatic carbocycles. The molecule has 0 saturated heterocycles. The number of hydrogen-bond acceptors (Lipinski definition) is 3. The van der Waals surface area contributed by atoms with Crippen LogP contribution in [0.4, 0.5) is 0 Å². The Morgan fingerprint density at radius 1 is 1.00 bits per heavy atom. The minimum Gasteiger partial charge on any atom is -0.350 e. The monoisotopic (exact) mass is 376 g/mol. The maximum absolute atomic E-state index is 12.6. The van der Waals surface area contributed by atoms with Crippen LogP contribution in [0.1, 0.15) is 5.56 Å². The highest BCUT2D eigenvalue weighted by Crippen LogP contribution is 2.24. The molecule has 2 heterocycles. The summed E-state index contributed by atoms with van der Waals surface area (Å²) < 4.78 is 1.83. The predicted molar refractivity (Wildman–Crippen MR) is 106 cm³/mol. The Bertz CT molecular complexity index is 1070. The number of hydrogen-bond donors (Lipinski definition) is 1. The number of rotatable bonds is 5. The molecule has 6 heteroatoms. The van der Waals surface area contributed by atoms with Crippen LogP contribution in [-0.4, -0.2) is 20.4 Å². The topological polar surface area (TPSA) is 59.8 Å². The molecule has 0 radical (unpaired) electrons. The third kappa shape index (κ3) is 3.83. The van der Waals surface area contributed by atoms with Gasteiger partial charge in [0.05, 0.1) is 0 Å². The van der Waals surface area contributed by atoms with Crippen LogP contribution in [0.15, 0.2) is 72.9 Å². The molecule has 5 nitrogen and oxygen atoms in total. The number of imidazole rings is 1. The highest BCUT2D eigenvalue weighted by molar-refractivity contribution is 6.30. The van der Waals surface area contributed by atoms with E-state index in [4.69, 9.17) is 11.6 Å². The van der Waals surface area contributed by atoms with Crippen LogP contribution in [0.2, 0.25) is 5.02 Å². The number of aromatic nitrogens is 3. The molecule has 4 aromatic rings. The van der Waals surface area contributed by atoms with Gasteiger partial charge in [-0.3, -0.25) is 9.36 Å². The Hall–Kier alpha value is -3.18. The second-order valence-electron chi connectivity index (χ2n) is 6.14. The molecular formula is C21H17ClN4O. The van der Waals surface area contributed by atoms with Crippen molar-refractivity contribution in [2.75, 3.05) is 0 Å². The van der Waals surface area contributed by atoms with E-state index in [1.807, 2.05) is 71.3 Å². The fraction of sp³-hybridized carbons (Fsp3) is 0.0952. The van der Waals surface area contributed by atoms with Crippen LogP contribution < -0.4 is 5.32 Å². The molecule has 0 saturated carbocycles. The van der Waals surface area contributed by atoms with Gasteiger partial charge in [-0.15, -0.1) is 0 Å². The van der Waals surface area contributed by atoms with Crippen LogP contribution >= 0.6 is 11.6 Å². The van der Waals surface area contributed by atoms with E-state index in [9.17, 15) is 4.79 Å². The van der Waals surface area contributed by atoms with Crippen molar-refractivity contribution in [2.45, 2.75) is 13.1 Å². The van der Waals surface area contributed by atoms with Crippen LogP contribution in [-0.2, 0) is 17.9 Å². The third-order valence-electron chi connectivity index (χ3n) is 4.24. The molecule has 2 aromatic heterocycles. The van der Waals surface area contributed by atoms with Gasteiger partial charge in [-0.25, -0.2) is 9.97 Å². The number of fused-ring (bicyclic) bond motifs is 1. The Morgan fingerprint density at radius 2 is 1.78 bits per heavy atom. The van der Waals surface area contributed by atoms with Gasteiger partial charge in [-0.05, 0) is 42.0 Å². The lowest BCUT2D eigenvalue weighted by Crippen LogP contribution is -2.27. The highest BCUT2D eigenvalue weighted by atomic mass is 35.5. The molecule has 0 aliphatic heterocycles. The van der Waals surface area contributed by atoms with Crippen molar-refractivity contribution in [3.05, 3.63) is 83.5 Å². The smallest absolute Gasteiger partial charge is 0.240 e. The lowest BCUT2D eigenvalue weighted by atomic mass is 10.2. The van der Waals surface area contributed by atoms with Crippen molar-refractivity contribution in [1.82, 2.24) is 19.9 Å². The average Bonchev–Trinajstić information content (AvgIpc) is 3.06. The van der Waals surface area contributed by atoms with E-state index in [1.165, 1.54) is 0 Å². The maximum atomic E-state index is 12.6. The first kappa shape index (κ1) is 17.2. The number of nitrogens with one attached hydrogen (secondary N) is 1. The first-order valence-corrected chi connectivity index (χ1v) is 8.96. The number of amides is 1. The van der Waals surface area contributed by atoms with E-state index >= 15 is 0 Å². The summed E-state index contributed by atoms with van der Waals surface area (Å²) in [4.78, 5) is 21.6. The van der Waals surface area contributed by atoms with Crippen molar-refractivity contribution in [3.63, 3.8) is 0 Å². The molecule has 1 N–H and O–H groups in total. The zero-order valence-electron chi connectivity index (χ0n) is 14.5. The molecule has 0 atom stereocenters. The van der Waals surface area contributed by atoms with Gasteiger partial charge in [0.2, 0.25) is 5.91 Å². The molecule has 2 aromatic carbocycles. The Labute approximate surface area is 161 Å². The van der Waals surface area contributed by atoms with Gasteiger partial charge in [-0.2, -0.15) is 0 Å². The van der Waals surface area contributed by atoms with E-state index in [-0.39, 0.29) is 12.5 Å².